The highest BCUT2D eigenvalue weighted by Crippen LogP contribution is 2.25. The molecule has 6 nitrogen and oxygen atoms in total. The number of hydrogen-bond acceptors (Lipinski definition) is 4. The molecule has 1 aliphatic heterocycles. The molecule has 27 heavy (non-hydrogen) atoms. The molecule has 2 unspecified atom stereocenters. The van der Waals surface area contributed by atoms with Crippen molar-refractivity contribution in [3.63, 3.8) is 0 Å². The Hall–Kier alpha value is -2.41. The predicted molar refractivity (Wildman–Crippen MR) is 105 cm³/mol. The first-order valence-corrected chi connectivity index (χ1v) is 9.13. The maximum atomic E-state index is 12.6. The molecule has 2 aromatic carbocycles. The second kappa shape index (κ2) is 8.52. The number of primary amides is 1. The fourth-order valence-corrected chi connectivity index (χ4v) is 3.16. The second-order valence-electron chi connectivity index (χ2n) is 6.51. The summed E-state index contributed by atoms with van der Waals surface area (Å²) in [6.45, 7) is 3.73. The molecule has 1 fully saturated rings. The van der Waals surface area contributed by atoms with Crippen LogP contribution in [0.5, 0.6) is 0 Å². The SMILES string of the molecule is CC(C(=O)Nc1ccc(C(N)=O)cc1)N1CCOC(c2ccc(Cl)cc2)C1. The Bertz CT molecular complexity index is 808. The number of amides is 2. The molecule has 0 saturated carbocycles. The molecule has 2 atom stereocenters. The van der Waals surface area contributed by atoms with Crippen LogP contribution in [0.3, 0.4) is 0 Å². The van der Waals surface area contributed by atoms with Gasteiger partial charge >= 0.3 is 0 Å². The maximum Gasteiger partial charge on any atom is 0.248 e. The van der Waals surface area contributed by atoms with Gasteiger partial charge in [-0.2, -0.15) is 0 Å². The summed E-state index contributed by atoms with van der Waals surface area (Å²) in [4.78, 5) is 25.8. The molecule has 7 heteroatoms. The number of carbonyl (C=O) groups excluding carboxylic acids is 2. The van der Waals surface area contributed by atoms with E-state index in [4.69, 9.17) is 22.1 Å². The normalized spacial score (nSPS) is 18.7. The summed E-state index contributed by atoms with van der Waals surface area (Å²) in [5.41, 5.74) is 7.30. The molecule has 0 aliphatic carbocycles. The van der Waals surface area contributed by atoms with Gasteiger partial charge in [0.2, 0.25) is 11.8 Å². The molecular weight excluding hydrogens is 366 g/mol. The Morgan fingerprint density at radius 2 is 1.85 bits per heavy atom. The highest BCUT2D eigenvalue weighted by molar-refractivity contribution is 6.30. The number of morpholine rings is 1. The molecule has 2 amide bonds. The van der Waals surface area contributed by atoms with Crippen LogP contribution in [0.15, 0.2) is 48.5 Å². The smallest absolute Gasteiger partial charge is 0.248 e. The Kier molecular flexibility index (Phi) is 6.11. The van der Waals surface area contributed by atoms with Gasteiger partial charge in [0.1, 0.15) is 0 Å². The zero-order valence-electron chi connectivity index (χ0n) is 15.0. The number of nitrogens with one attached hydrogen (secondary N) is 1. The Balaban J connectivity index is 1.61. The van der Waals surface area contributed by atoms with Crippen molar-refractivity contribution in [3.05, 3.63) is 64.7 Å². The lowest BCUT2D eigenvalue weighted by atomic mass is 10.1. The van der Waals surface area contributed by atoms with Gasteiger partial charge in [-0.1, -0.05) is 23.7 Å². The third-order valence-corrected chi connectivity index (χ3v) is 4.96. The lowest BCUT2D eigenvalue weighted by Gasteiger charge is -2.36. The van der Waals surface area contributed by atoms with Gasteiger partial charge in [0.05, 0.1) is 18.8 Å². The quantitative estimate of drug-likeness (QED) is 0.826. The zero-order valence-corrected chi connectivity index (χ0v) is 15.8. The van der Waals surface area contributed by atoms with E-state index < -0.39 is 5.91 Å². The molecule has 1 aliphatic rings. The minimum absolute atomic E-state index is 0.0962. The number of benzene rings is 2. The number of anilines is 1. The van der Waals surface area contributed by atoms with E-state index in [1.165, 1.54) is 0 Å². The molecule has 0 aromatic heterocycles. The van der Waals surface area contributed by atoms with Gasteiger partial charge in [0, 0.05) is 29.4 Å². The highest BCUT2D eigenvalue weighted by Gasteiger charge is 2.28. The fourth-order valence-electron chi connectivity index (χ4n) is 3.03. The van der Waals surface area contributed by atoms with Gasteiger partial charge in [-0.05, 0) is 48.9 Å². The van der Waals surface area contributed by atoms with Gasteiger partial charge in [0.25, 0.3) is 0 Å². The molecule has 3 rings (SSSR count). The van der Waals surface area contributed by atoms with Crippen molar-refractivity contribution in [2.45, 2.75) is 19.1 Å². The summed E-state index contributed by atoms with van der Waals surface area (Å²) >= 11 is 5.95. The molecule has 1 heterocycles. The first-order chi connectivity index (χ1) is 12.9. The summed E-state index contributed by atoms with van der Waals surface area (Å²) in [5, 5.41) is 3.56. The number of carbonyl (C=O) groups is 2. The Labute approximate surface area is 163 Å². The van der Waals surface area contributed by atoms with E-state index in [-0.39, 0.29) is 18.1 Å². The summed E-state index contributed by atoms with van der Waals surface area (Å²) in [6, 6.07) is 13.8. The maximum absolute atomic E-state index is 12.6. The highest BCUT2D eigenvalue weighted by atomic mass is 35.5. The van der Waals surface area contributed by atoms with E-state index in [0.717, 1.165) is 5.56 Å². The van der Waals surface area contributed by atoms with Crippen LogP contribution >= 0.6 is 11.6 Å². The Morgan fingerprint density at radius 3 is 2.48 bits per heavy atom. The molecule has 2 aromatic rings. The van der Waals surface area contributed by atoms with Crippen LogP contribution in [0.1, 0.15) is 28.9 Å². The van der Waals surface area contributed by atoms with Crippen molar-refractivity contribution >= 4 is 29.1 Å². The third-order valence-electron chi connectivity index (χ3n) is 4.70. The van der Waals surface area contributed by atoms with Gasteiger partial charge in [-0.25, -0.2) is 0 Å². The first kappa shape index (κ1) is 19.4. The van der Waals surface area contributed by atoms with Crippen molar-refractivity contribution < 1.29 is 14.3 Å². The van der Waals surface area contributed by atoms with Crippen LogP contribution in [0.25, 0.3) is 0 Å². The largest absolute Gasteiger partial charge is 0.371 e. The number of hydrogen-bond donors (Lipinski definition) is 2. The van der Waals surface area contributed by atoms with Crippen molar-refractivity contribution in [1.29, 1.82) is 0 Å². The van der Waals surface area contributed by atoms with Crippen LogP contribution in [-0.4, -0.2) is 42.5 Å². The number of ether oxygens (including phenoxy) is 1. The average molecular weight is 388 g/mol. The van der Waals surface area contributed by atoms with Gasteiger partial charge < -0.3 is 15.8 Å². The minimum Gasteiger partial charge on any atom is -0.371 e. The summed E-state index contributed by atoms with van der Waals surface area (Å²) in [6.07, 6.45) is -0.0962. The standard InChI is InChI=1S/C20H22ClN3O3/c1-13(20(26)23-17-8-4-15(5-9-17)19(22)25)24-10-11-27-18(12-24)14-2-6-16(21)7-3-14/h2-9,13,18H,10-12H2,1H3,(H2,22,25)(H,23,26). The molecule has 0 bridgehead atoms. The fraction of sp³-hybridized carbons (Fsp3) is 0.300. The molecule has 142 valence electrons. The van der Waals surface area contributed by atoms with E-state index in [2.05, 4.69) is 10.2 Å². The number of rotatable bonds is 5. The predicted octanol–water partition coefficient (Wildman–Crippen LogP) is 2.84. The molecule has 0 radical (unpaired) electrons. The van der Waals surface area contributed by atoms with Crippen molar-refractivity contribution in [3.8, 4) is 0 Å². The summed E-state index contributed by atoms with van der Waals surface area (Å²) in [5.74, 6) is -0.610. The number of nitrogens with two attached hydrogens (primary N) is 1. The zero-order chi connectivity index (χ0) is 19.4. The molecule has 0 spiro atoms. The van der Waals surface area contributed by atoms with Gasteiger partial charge in [-0.15, -0.1) is 0 Å². The topological polar surface area (TPSA) is 84.7 Å². The van der Waals surface area contributed by atoms with Crippen LogP contribution < -0.4 is 11.1 Å². The van der Waals surface area contributed by atoms with E-state index in [1.807, 2.05) is 31.2 Å². The molecule has 3 N–H and O–H groups in total. The third kappa shape index (κ3) is 4.86. The second-order valence-corrected chi connectivity index (χ2v) is 6.95. The molecular formula is C20H22ClN3O3. The number of halogens is 1. The van der Waals surface area contributed by atoms with E-state index in [1.54, 1.807) is 24.3 Å². The van der Waals surface area contributed by atoms with E-state index >= 15 is 0 Å². The van der Waals surface area contributed by atoms with Gasteiger partial charge in [-0.3, -0.25) is 14.5 Å². The van der Waals surface area contributed by atoms with Crippen molar-refractivity contribution in [1.82, 2.24) is 4.90 Å². The van der Waals surface area contributed by atoms with Crippen molar-refractivity contribution in [2.24, 2.45) is 5.73 Å². The van der Waals surface area contributed by atoms with E-state index in [0.29, 0.717) is 36.0 Å². The van der Waals surface area contributed by atoms with Crippen LogP contribution in [0.2, 0.25) is 5.02 Å². The van der Waals surface area contributed by atoms with E-state index in [9.17, 15) is 9.59 Å². The van der Waals surface area contributed by atoms with Gasteiger partial charge in [0.15, 0.2) is 0 Å². The van der Waals surface area contributed by atoms with Crippen LogP contribution in [0.4, 0.5) is 5.69 Å². The Morgan fingerprint density at radius 1 is 1.19 bits per heavy atom. The average Bonchev–Trinajstić information content (AvgIpc) is 2.68. The van der Waals surface area contributed by atoms with Crippen molar-refractivity contribution in [2.75, 3.05) is 25.0 Å². The number of nitrogens with zero attached hydrogens (tertiary/aromatic N) is 1. The first-order valence-electron chi connectivity index (χ1n) is 8.76. The van der Waals surface area contributed by atoms with Crippen LogP contribution in [0, 0.1) is 0 Å². The summed E-state index contributed by atoms with van der Waals surface area (Å²) in [7, 11) is 0. The summed E-state index contributed by atoms with van der Waals surface area (Å²) < 4.78 is 5.86. The monoisotopic (exact) mass is 387 g/mol. The molecule has 1 saturated heterocycles. The van der Waals surface area contributed by atoms with Crippen LogP contribution in [-0.2, 0) is 9.53 Å². The lowest BCUT2D eigenvalue weighted by molar-refractivity contribution is -0.124. The minimum atomic E-state index is -0.497. The lowest BCUT2D eigenvalue weighted by Crippen LogP contribution is -2.48.